The third-order valence-electron chi connectivity index (χ3n) is 4.24. The summed E-state index contributed by atoms with van der Waals surface area (Å²) in [6, 6.07) is 1.55. The highest BCUT2D eigenvalue weighted by molar-refractivity contribution is 4.78. The molecule has 1 aliphatic carbocycles. The first-order valence-corrected chi connectivity index (χ1v) is 8.11. The van der Waals surface area contributed by atoms with E-state index < -0.39 is 0 Å². The molecule has 108 valence electrons. The fraction of sp³-hybridized carbons (Fsp3) is 1.00. The zero-order valence-electron chi connectivity index (χ0n) is 13.0. The highest BCUT2D eigenvalue weighted by Crippen LogP contribution is 2.24. The maximum Gasteiger partial charge on any atom is 0.00952 e. The quantitative estimate of drug-likeness (QED) is 0.675. The average Bonchev–Trinajstić information content (AvgIpc) is 2.82. The van der Waals surface area contributed by atoms with E-state index >= 15 is 0 Å². The van der Waals surface area contributed by atoms with Crippen LogP contribution in [0.2, 0.25) is 0 Å². The average molecular weight is 254 g/mol. The standard InChI is InChI=1S/C16H34N2/c1-5-17-15(4)11-13-18(12-10-14(2)3)16-8-6-7-9-16/h14-17H,5-13H2,1-4H3. The van der Waals surface area contributed by atoms with Gasteiger partial charge in [0.1, 0.15) is 0 Å². The maximum atomic E-state index is 3.53. The van der Waals surface area contributed by atoms with Gasteiger partial charge in [-0.3, -0.25) is 0 Å². The van der Waals surface area contributed by atoms with Crippen LogP contribution in [-0.2, 0) is 0 Å². The molecule has 0 saturated heterocycles. The molecular weight excluding hydrogens is 220 g/mol. The summed E-state index contributed by atoms with van der Waals surface area (Å²) in [4.78, 5) is 2.78. The highest BCUT2D eigenvalue weighted by Gasteiger charge is 2.22. The van der Waals surface area contributed by atoms with E-state index in [1.165, 1.54) is 51.6 Å². The number of hydrogen-bond donors (Lipinski definition) is 1. The number of nitrogens with one attached hydrogen (secondary N) is 1. The smallest absolute Gasteiger partial charge is 0.00952 e. The van der Waals surface area contributed by atoms with Crippen LogP contribution < -0.4 is 5.32 Å². The van der Waals surface area contributed by atoms with E-state index in [-0.39, 0.29) is 0 Å². The first-order chi connectivity index (χ1) is 8.63. The van der Waals surface area contributed by atoms with Crippen molar-refractivity contribution in [1.82, 2.24) is 10.2 Å². The van der Waals surface area contributed by atoms with Crippen molar-refractivity contribution in [1.29, 1.82) is 0 Å². The first-order valence-electron chi connectivity index (χ1n) is 8.11. The molecule has 0 aromatic rings. The van der Waals surface area contributed by atoms with Crippen LogP contribution in [-0.4, -0.2) is 36.6 Å². The molecule has 0 bridgehead atoms. The Morgan fingerprint density at radius 3 is 2.22 bits per heavy atom. The molecule has 0 heterocycles. The molecule has 1 N–H and O–H groups in total. The molecule has 1 unspecified atom stereocenters. The summed E-state index contributed by atoms with van der Waals surface area (Å²) < 4.78 is 0. The molecule has 0 radical (unpaired) electrons. The van der Waals surface area contributed by atoms with Crippen molar-refractivity contribution in [2.75, 3.05) is 19.6 Å². The van der Waals surface area contributed by atoms with Gasteiger partial charge in [-0.2, -0.15) is 0 Å². The van der Waals surface area contributed by atoms with E-state index in [0.29, 0.717) is 6.04 Å². The molecule has 0 aliphatic heterocycles. The Bertz CT molecular complexity index is 197. The second-order valence-corrected chi connectivity index (χ2v) is 6.40. The summed E-state index contributed by atoms with van der Waals surface area (Å²) in [5.41, 5.74) is 0. The molecule has 0 amide bonds. The Morgan fingerprint density at radius 1 is 1.06 bits per heavy atom. The molecule has 1 saturated carbocycles. The third kappa shape index (κ3) is 6.19. The van der Waals surface area contributed by atoms with Gasteiger partial charge in [0, 0.05) is 12.1 Å². The van der Waals surface area contributed by atoms with Crippen LogP contribution in [0, 0.1) is 5.92 Å². The largest absolute Gasteiger partial charge is 0.314 e. The Labute approximate surface area is 115 Å². The second kappa shape index (κ2) is 8.92. The molecule has 0 spiro atoms. The SMILES string of the molecule is CCNC(C)CCN(CCC(C)C)C1CCCC1. The first kappa shape index (κ1) is 16.0. The predicted molar refractivity (Wildman–Crippen MR) is 81.0 cm³/mol. The van der Waals surface area contributed by atoms with Crippen molar-refractivity contribution >= 4 is 0 Å². The molecule has 1 atom stereocenters. The van der Waals surface area contributed by atoms with Crippen molar-refractivity contribution in [3.63, 3.8) is 0 Å². The molecule has 1 fully saturated rings. The van der Waals surface area contributed by atoms with E-state index in [1.807, 2.05) is 0 Å². The summed E-state index contributed by atoms with van der Waals surface area (Å²) in [6.45, 7) is 12.9. The summed E-state index contributed by atoms with van der Waals surface area (Å²) in [7, 11) is 0. The molecule has 2 nitrogen and oxygen atoms in total. The monoisotopic (exact) mass is 254 g/mol. The van der Waals surface area contributed by atoms with Crippen LogP contribution in [0.1, 0.15) is 66.2 Å². The lowest BCUT2D eigenvalue weighted by atomic mass is 10.1. The Hall–Kier alpha value is -0.0800. The van der Waals surface area contributed by atoms with Gasteiger partial charge >= 0.3 is 0 Å². The molecule has 0 aromatic heterocycles. The zero-order valence-corrected chi connectivity index (χ0v) is 13.0. The summed E-state index contributed by atoms with van der Waals surface area (Å²) in [5, 5.41) is 3.53. The topological polar surface area (TPSA) is 15.3 Å². The maximum absolute atomic E-state index is 3.53. The van der Waals surface area contributed by atoms with Gasteiger partial charge in [-0.05, 0) is 58.2 Å². The van der Waals surface area contributed by atoms with Crippen LogP contribution in [0.15, 0.2) is 0 Å². The van der Waals surface area contributed by atoms with Crippen LogP contribution in [0.4, 0.5) is 0 Å². The van der Waals surface area contributed by atoms with Crippen LogP contribution in [0.25, 0.3) is 0 Å². The predicted octanol–water partition coefficient (Wildman–Crippen LogP) is 3.67. The van der Waals surface area contributed by atoms with Crippen molar-refractivity contribution in [2.24, 2.45) is 5.92 Å². The van der Waals surface area contributed by atoms with Gasteiger partial charge in [0.15, 0.2) is 0 Å². The Kier molecular flexibility index (Phi) is 7.92. The van der Waals surface area contributed by atoms with Crippen molar-refractivity contribution in [3.05, 3.63) is 0 Å². The van der Waals surface area contributed by atoms with Crippen molar-refractivity contribution in [3.8, 4) is 0 Å². The van der Waals surface area contributed by atoms with Gasteiger partial charge in [0.2, 0.25) is 0 Å². The van der Waals surface area contributed by atoms with Gasteiger partial charge in [-0.1, -0.05) is 33.6 Å². The molecule has 1 aliphatic rings. The highest BCUT2D eigenvalue weighted by atomic mass is 15.2. The van der Waals surface area contributed by atoms with Gasteiger partial charge in [-0.15, -0.1) is 0 Å². The number of nitrogens with zero attached hydrogens (tertiary/aromatic N) is 1. The van der Waals surface area contributed by atoms with E-state index in [0.717, 1.165) is 18.5 Å². The third-order valence-corrected chi connectivity index (χ3v) is 4.24. The summed E-state index contributed by atoms with van der Waals surface area (Å²) in [5.74, 6) is 0.833. The number of rotatable bonds is 9. The number of hydrogen-bond acceptors (Lipinski definition) is 2. The van der Waals surface area contributed by atoms with Crippen LogP contribution in [0.5, 0.6) is 0 Å². The molecule has 2 heteroatoms. The summed E-state index contributed by atoms with van der Waals surface area (Å²) in [6.07, 6.45) is 8.42. The molecule has 1 rings (SSSR count). The minimum Gasteiger partial charge on any atom is -0.314 e. The van der Waals surface area contributed by atoms with Gasteiger partial charge in [-0.25, -0.2) is 0 Å². The molecular formula is C16H34N2. The zero-order chi connectivity index (χ0) is 13.4. The summed E-state index contributed by atoms with van der Waals surface area (Å²) >= 11 is 0. The van der Waals surface area contributed by atoms with Gasteiger partial charge in [0.05, 0.1) is 0 Å². The van der Waals surface area contributed by atoms with Gasteiger partial charge in [0.25, 0.3) is 0 Å². The Balaban J connectivity index is 2.33. The fourth-order valence-electron chi connectivity index (χ4n) is 2.98. The van der Waals surface area contributed by atoms with Crippen LogP contribution in [0.3, 0.4) is 0 Å². The van der Waals surface area contributed by atoms with E-state index in [1.54, 1.807) is 0 Å². The van der Waals surface area contributed by atoms with Crippen molar-refractivity contribution < 1.29 is 0 Å². The molecule has 0 aromatic carbocycles. The van der Waals surface area contributed by atoms with Crippen LogP contribution >= 0.6 is 0 Å². The minimum atomic E-state index is 0.665. The van der Waals surface area contributed by atoms with E-state index in [4.69, 9.17) is 0 Å². The van der Waals surface area contributed by atoms with Gasteiger partial charge < -0.3 is 10.2 Å². The van der Waals surface area contributed by atoms with E-state index in [9.17, 15) is 0 Å². The van der Waals surface area contributed by atoms with Crippen molar-refractivity contribution in [2.45, 2.75) is 78.3 Å². The second-order valence-electron chi connectivity index (χ2n) is 6.40. The lowest BCUT2D eigenvalue weighted by Crippen LogP contribution is -2.38. The lowest BCUT2D eigenvalue weighted by molar-refractivity contribution is 0.180. The lowest BCUT2D eigenvalue weighted by Gasteiger charge is -2.30. The fourth-order valence-corrected chi connectivity index (χ4v) is 2.98. The Morgan fingerprint density at radius 2 is 1.67 bits per heavy atom. The van der Waals surface area contributed by atoms with E-state index in [2.05, 4.69) is 37.9 Å². The normalized spacial score (nSPS) is 19.0. The minimum absolute atomic E-state index is 0.665. The molecule has 18 heavy (non-hydrogen) atoms.